The van der Waals surface area contributed by atoms with Gasteiger partial charge in [-0.15, -0.1) is 11.3 Å². The van der Waals surface area contributed by atoms with Crippen LogP contribution < -0.4 is 4.91 Å². The zero-order valence-corrected chi connectivity index (χ0v) is 14.7. The van der Waals surface area contributed by atoms with Crippen LogP contribution in [0.3, 0.4) is 0 Å². The molecule has 0 aliphatic heterocycles. The molecule has 0 aliphatic rings. The van der Waals surface area contributed by atoms with Crippen LogP contribution in [0.15, 0.2) is 33.4 Å². The van der Waals surface area contributed by atoms with Gasteiger partial charge in [-0.3, -0.25) is 0 Å². The van der Waals surface area contributed by atoms with Crippen molar-refractivity contribution in [1.82, 2.24) is 4.98 Å². The molecule has 1 aromatic carbocycles. The Morgan fingerprint density at radius 1 is 1.08 bits per heavy atom. The molecule has 1 N–H and O–H groups in total. The summed E-state index contributed by atoms with van der Waals surface area (Å²) in [6, 6.07) is 2.81. The molecule has 0 saturated heterocycles. The van der Waals surface area contributed by atoms with Gasteiger partial charge in [0.1, 0.15) is 0 Å². The summed E-state index contributed by atoms with van der Waals surface area (Å²) >= 11 is 0.309. The zero-order chi connectivity index (χ0) is 20.1. The molecule has 1 unspecified atom stereocenters. The highest BCUT2D eigenvalue weighted by Gasteiger charge is 2.51. The number of benzene rings is 1. The molecule has 1 aromatic heterocycles. The normalized spacial score (nSPS) is 15.7. The molecule has 142 valence electrons. The maximum Gasteiger partial charge on any atom is 0.435 e. The Kier molecular flexibility index (Phi) is 4.97. The highest BCUT2D eigenvalue weighted by molar-refractivity contribution is 7.93. The molecule has 13 heteroatoms. The molecule has 1 heterocycles. The summed E-state index contributed by atoms with van der Waals surface area (Å²) in [5.41, 5.74) is -5.47. The molecule has 1 atom stereocenters. The van der Waals surface area contributed by atoms with E-state index in [1.807, 2.05) is 0 Å². The summed E-state index contributed by atoms with van der Waals surface area (Å²) in [5.74, 6) is 0. The second-order valence-corrected chi connectivity index (χ2v) is 8.81. The van der Waals surface area contributed by atoms with Gasteiger partial charge in [0.25, 0.3) is 0 Å². The number of halogens is 6. The minimum absolute atomic E-state index is 0.132. The number of rotatable bonds is 3. The number of nitrogens with zero attached hydrogens (tertiary/aromatic N) is 1. The summed E-state index contributed by atoms with van der Waals surface area (Å²) in [6.07, 6.45) is -10.0. The number of hydrogen-bond acceptors (Lipinski definition) is 5. The second-order valence-electron chi connectivity index (χ2n) is 5.46. The topological polar surface area (TPSA) is 67.3 Å². The Hall–Kier alpha value is -1.60. The number of hydrogen-bond donors (Lipinski definition) is 1. The number of aliphatic hydroxyl groups is 1. The van der Waals surface area contributed by atoms with E-state index < -0.39 is 48.2 Å². The van der Waals surface area contributed by atoms with E-state index in [1.165, 1.54) is 7.85 Å². The standard InChI is InChI=1S/C13H10BF6NO3S2/c1-11(22,13(18,19)20)6-2-4-7(5-3-6)26(23,24)9-8(12(15,16)17)21-10(14)25-9/h2-5,22H,14H2,1H3. The third-order valence-corrected chi connectivity index (χ3v) is 6.74. The molecule has 0 bridgehead atoms. The maximum atomic E-state index is 13.0. The third-order valence-electron chi connectivity index (χ3n) is 3.49. The lowest BCUT2D eigenvalue weighted by atomic mass is 9.96. The van der Waals surface area contributed by atoms with E-state index in [1.54, 1.807) is 0 Å². The van der Waals surface area contributed by atoms with Crippen LogP contribution >= 0.6 is 11.3 Å². The molecule has 0 radical (unpaired) electrons. The summed E-state index contributed by atoms with van der Waals surface area (Å²) in [4.78, 5) is 2.41. The highest BCUT2D eigenvalue weighted by atomic mass is 32.2. The van der Waals surface area contributed by atoms with Gasteiger partial charge < -0.3 is 5.11 Å². The van der Waals surface area contributed by atoms with Gasteiger partial charge in [0.2, 0.25) is 9.84 Å². The van der Waals surface area contributed by atoms with Gasteiger partial charge in [0, 0.05) is 4.91 Å². The van der Waals surface area contributed by atoms with Crippen LogP contribution in [-0.2, 0) is 21.6 Å². The number of thiazole rings is 1. The summed E-state index contributed by atoms with van der Waals surface area (Å²) < 4.78 is 101. The number of alkyl halides is 6. The number of sulfone groups is 1. The van der Waals surface area contributed by atoms with Gasteiger partial charge >= 0.3 is 12.4 Å². The van der Waals surface area contributed by atoms with E-state index >= 15 is 0 Å². The van der Waals surface area contributed by atoms with Crippen LogP contribution in [0.1, 0.15) is 18.2 Å². The monoisotopic (exact) mass is 417 g/mol. The van der Waals surface area contributed by atoms with Crippen molar-refractivity contribution < 1.29 is 39.9 Å². The van der Waals surface area contributed by atoms with Crippen molar-refractivity contribution in [3.63, 3.8) is 0 Å². The molecule has 2 rings (SSSR count). The average Bonchev–Trinajstić information content (AvgIpc) is 2.89. The van der Waals surface area contributed by atoms with E-state index in [4.69, 9.17) is 0 Å². The van der Waals surface area contributed by atoms with E-state index in [-0.39, 0.29) is 4.91 Å². The van der Waals surface area contributed by atoms with Gasteiger partial charge in [-0.05, 0) is 24.6 Å². The molecule has 0 fully saturated rings. The second kappa shape index (κ2) is 6.24. The molecule has 26 heavy (non-hydrogen) atoms. The van der Waals surface area contributed by atoms with Gasteiger partial charge in [-0.25, -0.2) is 13.4 Å². The van der Waals surface area contributed by atoms with Gasteiger partial charge in [0.05, 0.1) is 4.90 Å². The minimum atomic E-state index is -5.02. The lowest BCUT2D eigenvalue weighted by Gasteiger charge is -2.26. The zero-order valence-electron chi connectivity index (χ0n) is 13.1. The Morgan fingerprint density at radius 3 is 2.00 bits per heavy atom. The summed E-state index contributed by atoms with van der Waals surface area (Å²) in [5, 5.41) is 9.56. The van der Waals surface area contributed by atoms with E-state index in [9.17, 15) is 39.9 Å². The maximum absolute atomic E-state index is 13.0. The van der Waals surface area contributed by atoms with Crippen molar-refractivity contribution in [1.29, 1.82) is 0 Å². The van der Waals surface area contributed by atoms with Crippen LogP contribution in [0, 0.1) is 0 Å². The molecule has 0 spiro atoms. The van der Waals surface area contributed by atoms with Crippen LogP contribution in [0.5, 0.6) is 0 Å². The van der Waals surface area contributed by atoms with Crippen molar-refractivity contribution in [3.05, 3.63) is 35.5 Å². The first kappa shape index (κ1) is 20.7. The van der Waals surface area contributed by atoms with Gasteiger partial charge in [-0.2, -0.15) is 26.3 Å². The first-order valence-corrected chi connectivity index (χ1v) is 9.08. The molecular formula is C13H10BF6NO3S2. The van der Waals surface area contributed by atoms with Crippen molar-refractivity contribution in [2.24, 2.45) is 0 Å². The Bertz CT molecular complexity index is 917. The van der Waals surface area contributed by atoms with E-state index in [0.29, 0.717) is 42.5 Å². The molecule has 4 nitrogen and oxygen atoms in total. The third kappa shape index (κ3) is 3.60. The van der Waals surface area contributed by atoms with Crippen LogP contribution in [-0.4, -0.2) is 32.5 Å². The fourth-order valence-electron chi connectivity index (χ4n) is 2.00. The first-order chi connectivity index (χ1) is 11.6. The minimum Gasteiger partial charge on any atom is -0.376 e. The van der Waals surface area contributed by atoms with Crippen molar-refractivity contribution >= 4 is 33.9 Å². The largest absolute Gasteiger partial charge is 0.435 e. The Labute approximate surface area is 148 Å². The molecule has 0 aliphatic carbocycles. The van der Waals surface area contributed by atoms with Crippen molar-refractivity contribution in [3.8, 4) is 0 Å². The predicted octanol–water partition coefficient (Wildman–Crippen LogP) is 2.02. The lowest BCUT2D eigenvalue weighted by molar-refractivity contribution is -0.258. The first-order valence-electron chi connectivity index (χ1n) is 6.78. The smallest absolute Gasteiger partial charge is 0.376 e. The van der Waals surface area contributed by atoms with Crippen LogP contribution in [0.4, 0.5) is 26.3 Å². The Morgan fingerprint density at radius 2 is 1.58 bits per heavy atom. The Balaban J connectivity index is 2.53. The number of aromatic nitrogens is 1. The fourth-order valence-corrected chi connectivity index (χ4v) is 4.88. The van der Waals surface area contributed by atoms with Gasteiger partial charge in [-0.1, -0.05) is 12.1 Å². The summed E-state index contributed by atoms with van der Waals surface area (Å²) in [6.45, 7) is 0.477. The SMILES string of the molecule is Bc1nc(C(F)(F)F)c(S(=O)(=O)c2ccc(C(C)(O)C(F)(F)F)cc2)s1. The van der Waals surface area contributed by atoms with Crippen molar-refractivity contribution in [2.75, 3.05) is 0 Å². The van der Waals surface area contributed by atoms with E-state index in [2.05, 4.69) is 4.98 Å². The molecule has 2 aromatic rings. The quantitative estimate of drug-likeness (QED) is 0.613. The lowest BCUT2D eigenvalue weighted by Crippen LogP contribution is -2.39. The fraction of sp³-hybridized carbons (Fsp3) is 0.308. The van der Waals surface area contributed by atoms with Gasteiger partial charge in [0.15, 0.2) is 23.4 Å². The van der Waals surface area contributed by atoms with E-state index in [0.717, 1.165) is 0 Å². The van der Waals surface area contributed by atoms with Crippen LogP contribution in [0.2, 0.25) is 0 Å². The molecular weight excluding hydrogens is 407 g/mol. The molecule has 0 saturated carbocycles. The summed E-state index contributed by atoms with van der Waals surface area (Å²) in [7, 11) is -3.46. The molecule has 0 amide bonds. The highest BCUT2D eigenvalue weighted by Crippen LogP contribution is 2.40. The van der Waals surface area contributed by atoms with Crippen molar-refractivity contribution in [2.45, 2.75) is 34.0 Å². The average molecular weight is 417 g/mol. The van der Waals surface area contributed by atoms with Crippen LogP contribution in [0.25, 0.3) is 0 Å². The predicted molar refractivity (Wildman–Crippen MR) is 82.8 cm³/mol.